The van der Waals surface area contributed by atoms with Crippen molar-refractivity contribution in [2.24, 2.45) is 5.92 Å². The fourth-order valence-electron chi connectivity index (χ4n) is 2.63. The van der Waals surface area contributed by atoms with Crippen LogP contribution in [0.3, 0.4) is 0 Å². The standard InChI is InChI=1S/C11H19NO2S/c1-2-7-3-4-8-10(5-7)15-6-9(12-8)11(13)14/h7-10,12H,2-6H2,1H3,(H,13,14). The molecule has 4 atom stereocenters. The van der Waals surface area contributed by atoms with Gasteiger partial charge in [0.25, 0.3) is 0 Å². The first-order valence-corrected chi connectivity index (χ1v) is 6.86. The van der Waals surface area contributed by atoms with Crippen LogP contribution in [0.5, 0.6) is 0 Å². The SMILES string of the molecule is CCC1CCC2NC(C(=O)O)CSC2C1. The van der Waals surface area contributed by atoms with Crippen LogP contribution >= 0.6 is 11.8 Å². The van der Waals surface area contributed by atoms with Crippen LogP contribution in [0.1, 0.15) is 32.6 Å². The van der Waals surface area contributed by atoms with Gasteiger partial charge in [0.15, 0.2) is 0 Å². The van der Waals surface area contributed by atoms with Crippen LogP contribution in [0.4, 0.5) is 0 Å². The van der Waals surface area contributed by atoms with Crippen molar-refractivity contribution in [1.29, 1.82) is 0 Å². The molecule has 0 aromatic heterocycles. The van der Waals surface area contributed by atoms with Crippen LogP contribution in [-0.4, -0.2) is 34.2 Å². The number of fused-ring (bicyclic) bond motifs is 1. The number of carbonyl (C=O) groups is 1. The summed E-state index contributed by atoms with van der Waals surface area (Å²) in [5, 5.41) is 12.9. The Hall–Kier alpha value is -0.220. The second-order valence-electron chi connectivity index (χ2n) is 4.62. The van der Waals surface area contributed by atoms with Crippen LogP contribution in [0.15, 0.2) is 0 Å². The Morgan fingerprint density at radius 2 is 2.33 bits per heavy atom. The molecule has 0 aromatic rings. The summed E-state index contributed by atoms with van der Waals surface area (Å²) in [6, 6.07) is 0.113. The minimum Gasteiger partial charge on any atom is -0.480 e. The molecule has 0 aromatic carbocycles. The number of carboxylic acid groups (broad SMARTS) is 1. The van der Waals surface area contributed by atoms with Gasteiger partial charge in [-0.15, -0.1) is 0 Å². The molecule has 2 N–H and O–H groups in total. The van der Waals surface area contributed by atoms with Gasteiger partial charge < -0.3 is 5.11 Å². The molecule has 1 aliphatic carbocycles. The molecule has 2 rings (SSSR count). The smallest absolute Gasteiger partial charge is 0.321 e. The molecular weight excluding hydrogens is 210 g/mol. The third-order valence-corrected chi connectivity index (χ3v) is 5.14. The van der Waals surface area contributed by atoms with E-state index in [0.717, 1.165) is 18.1 Å². The summed E-state index contributed by atoms with van der Waals surface area (Å²) >= 11 is 1.86. The Morgan fingerprint density at radius 3 is 3.00 bits per heavy atom. The van der Waals surface area contributed by atoms with Gasteiger partial charge in [0.2, 0.25) is 0 Å². The fraction of sp³-hybridized carbons (Fsp3) is 0.909. The molecule has 2 aliphatic rings. The molecule has 86 valence electrons. The van der Waals surface area contributed by atoms with E-state index in [9.17, 15) is 4.79 Å². The van der Waals surface area contributed by atoms with E-state index in [1.54, 1.807) is 0 Å². The van der Waals surface area contributed by atoms with E-state index in [1.165, 1.54) is 19.3 Å². The predicted molar refractivity (Wildman–Crippen MR) is 62.2 cm³/mol. The monoisotopic (exact) mass is 229 g/mol. The molecule has 4 unspecified atom stereocenters. The van der Waals surface area contributed by atoms with E-state index in [-0.39, 0.29) is 6.04 Å². The number of hydrogen-bond donors (Lipinski definition) is 2. The van der Waals surface area contributed by atoms with Crippen molar-refractivity contribution in [3.63, 3.8) is 0 Å². The predicted octanol–water partition coefficient (Wildman–Crippen LogP) is 1.72. The van der Waals surface area contributed by atoms with Crippen molar-refractivity contribution in [3.8, 4) is 0 Å². The lowest BCUT2D eigenvalue weighted by Crippen LogP contribution is -2.55. The van der Waals surface area contributed by atoms with E-state index in [1.807, 2.05) is 11.8 Å². The van der Waals surface area contributed by atoms with Gasteiger partial charge in [-0.2, -0.15) is 11.8 Å². The van der Waals surface area contributed by atoms with Crippen LogP contribution < -0.4 is 5.32 Å². The molecule has 3 nitrogen and oxygen atoms in total. The average Bonchev–Trinajstić information content (AvgIpc) is 2.27. The minimum absolute atomic E-state index is 0.325. The van der Waals surface area contributed by atoms with Crippen molar-refractivity contribution in [2.75, 3.05) is 5.75 Å². The normalized spacial score (nSPS) is 40.9. The van der Waals surface area contributed by atoms with E-state index >= 15 is 0 Å². The molecule has 0 bridgehead atoms. The maximum atomic E-state index is 10.9. The van der Waals surface area contributed by atoms with Crippen molar-refractivity contribution in [2.45, 2.75) is 49.9 Å². The summed E-state index contributed by atoms with van der Waals surface area (Å²) < 4.78 is 0. The van der Waals surface area contributed by atoms with Gasteiger partial charge in [-0.1, -0.05) is 13.3 Å². The Kier molecular flexibility index (Phi) is 3.57. The molecule has 15 heavy (non-hydrogen) atoms. The Bertz CT molecular complexity index is 247. The van der Waals surface area contributed by atoms with Crippen LogP contribution in [0.2, 0.25) is 0 Å². The topological polar surface area (TPSA) is 49.3 Å². The van der Waals surface area contributed by atoms with Gasteiger partial charge >= 0.3 is 5.97 Å². The van der Waals surface area contributed by atoms with Crippen LogP contribution in [-0.2, 0) is 4.79 Å². The summed E-state index contributed by atoms with van der Waals surface area (Å²) in [5.74, 6) is 0.896. The summed E-state index contributed by atoms with van der Waals surface area (Å²) in [6.07, 6.45) is 4.95. The third kappa shape index (κ3) is 2.48. The molecule has 1 aliphatic heterocycles. The molecule has 0 radical (unpaired) electrons. The van der Waals surface area contributed by atoms with E-state index in [4.69, 9.17) is 5.11 Å². The Balaban J connectivity index is 1.91. The summed E-state index contributed by atoms with van der Waals surface area (Å²) in [6.45, 7) is 2.26. The first-order valence-electron chi connectivity index (χ1n) is 5.81. The highest BCUT2D eigenvalue weighted by molar-refractivity contribution is 8.00. The van der Waals surface area contributed by atoms with Crippen molar-refractivity contribution < 1.29 is 9.90 Å². The molecule has 2 fully saturated rings. The maximum absolute atomic E-state index is 10.9. The summed E-state index contributed by atoms with van der Waals surface area (Å²) in [5.41, 5.74) is 0. The largest absolute Gasteiger partial charge is 0.480 e. The quantitative estimate of drug-likeness (QED) is 0.757. The molecule has 1 heterocycles. The number of nitrogens with one attached hydrogen (secondary N) is 1. The molecule has 0 amide bonds. The molecular formula is C11H19NO2S. The lowest BCUT2D eigenvalue weighted by molar-refractivity contribution is -0.139. The van der Waals surface area contributed by atoms with Crippen molar-refractivity contribution in [1.82, 2.24) is 5.32 Å². The zero-order chi connectivity index (χ0) is 10.8. The van der Waals surface area contributed by atoms with Gasteiger partial charge in [-0.05, 0) is 25.2 Å². The Labute approximate surface area is 95.0 Å². The van der Waals surface area contributed by atoms with E-state index in [0.29, 0.717) is 11.3 Å². The highest BCUT2D eigenvalue weighted by Crippen LogP contribution is 2.36. The number of rotatable bonds is 2. The van der Waals surface area contributed by atoms with E-state index in [2.05, 4.69) is 12.2 Å². The highest BCUT2D eigenvalue weighted by Gasteiger charge is 2.37. The minimum atomic E-state index is -0.696. The van der Waals surface area contributed by atoms with Gasteiger partial charge in [-0.3, -0.25) is 10.1 Å². The third-order valence-electron chi connectivity index (χ3n) is 3.67. The van der Waals surface area contributed by atoms with Gasteiger partial charge in [0, 0.05) is 17.0 Å². The first-order chi connectivity index (χ1) is 7.20. The van der Waals surface area contributed by atoms with Crippen LogP contribution in [0, 0.1) is 5.92 Å². The zero-order valence-electron chi connectivity index (χ0n) is 9.11. The molecule has 4 heteroatoms. The number of thioether (sulfide) groups is 1. The van der Waals surface area contributed by atoms with E-state index < -0.39 is 5.97 Å². The molecule has 1 saturated carbocycles. The lowest BCUT2D eigenvalue weighted by Gasteiger charge is -2.41. The van der Waals surface area contributed by atoms with Crippen molar-refractivity contribution in [3.05, 3.63) is 0 Å². The molecule has 0 spiro atoms. The summed E-state index contributed by atoms with van der Waals surface area (Å²) in [4.78, 5) is 10.9. The van der Waals surface area contributed by atoms with Gasteiger partial charge in [0.05, 0.1) is 0 Å². The maximum Gasteiger partial charge on any atom is 0.321 e. The lowest BCUT2D eigenvalue weighted by atomic mass is 9.83. The molecule has 1 saturated heterocycles. The number of hydrogen-bond acceptors (Lipinski definition) is 3. The summed E-state index contributed by atoms with van der Waals surface area (Å²) in [7, 11) is 0. The van der Waals surface area contributed by atoms with Crippen molar-refractivity contribution >= 4 is 17.7 Å². The zero-order valence-corrected chi connectivity index (χ0v) is 9.93. The van der Waals surface area contributed by atoms with Gasteiger partial charge in [-0.25, -0.2) is 0 Å². The average molecular weight is 229 g/mol. The fourth-order valence-corrected chi connectivity index (χ4v) is 4.16. The van der Waals surface area contributed by atoms with Gasteiger partial charge in [0.1, 0.15) is 6.04 Å². The Morgan fingerprint density at radius 1 is 1.53 bits per heavy atom. The first kappa shape index (κ1) is 11.3. The second kappa shape index (κ2) is 4.74. The van der Waals surface area contributed by atoms with Crippen LogP contribution in [0.25, 0.3) is 0 Å². The number of carboxylic acids is 1. The highest BCUT2D eigenvalue weighted by atomic mass is 32.2. The number of aliphatic carboxylic acids is 1. The second-order valence-corrected chi connectivity index (χ2v) is 5.90.